The molecule has 36 heavy (non-hydrogen) atoms. The van der Waals surface area contributed by atoms with Gasteiger partial charge < -0.3 is 10.1 Å². The van der Waals surface area contributed by atoms with Gasteiger partial charge in [0.05, 0.1) is 41.0 Å². The lowest BCUT2D eigenvalue weighted by Crippen LogP contribution is -2.39. The van der Waals surface area contributed by atoms with Crippen LogP contribution in [0.3, 0.4) is 0 Å². The largest absolute Gasteiger partial charge is 0.481 e. The standard InChI is InChI=1S/C26H28N4O5S/c1-5-36(33,34)18-8-6-17(7-9-18)14-23(31)30-22-11-10-19-20(29-22)12-13-26(3,25(19)32)21-15-24(35-4)28-16(2)27-21/h6-11,15H,5,12-14H2,1-4H3,(H,29,30,31). The molecule has 1 amide bonds. The van der Waals surface area contributed by atoms with E-state index in [9.17, 15) is 18.0 Å². The number of anilines is 1. The van der Waals surface area contributed by atoms with Crippen LogP contribution in [0.25, 0.3) is 0 Å². The number of hydrogen-bond donors (Lipinski definition) is 1. The Balaban J connectivity index is 1.48. The van der Waals surface area contributed by atoms with Crippen LogP contribution in [-0.4, -0.2) is 47.9 Å². The molecule has 0 spiro atoms. The molecule has 0 aliphatic heterocycles. The number of amides is 1. The van der Waals surface area contributed by atoms with Gasteiger partial charge in [0.25, 0.3) is 0 Å². The zero-order valence-electron chi connectivity index (χ0n) is 20.7. The maximum Gasteiger partial charge on any atom is 0.229 e. The van der Waals surface area contributed by atoms with E-state index in [1.54, 1.807) is 44.2 Å². The first kappa shape index (κ1) is 25.4. The van der Waals surface area contributed by atoms with Crippen LogP contribution in [-0.2, 0) is 32.9 Å². The second kappa shape index (κ2) is 9.77. The Kier molecular flexibility index (Phi) is 6.90. The summed E-state index contributed by atoms with van der Waals surface area (Å²) >= 11 is 0. The summed E-state index contributed by atoms with van der Waals surface area (Å²) in [5.41, 5.74) is 1.59. The number of ether oxygens (including phenoxy) is 1. The molecular weight excluding hydrogens is 480 g/mol. The van der Waals surface area contributed by atoms with Crippen molar-refractivity contribution in [3.05, 3.63) is 70.8 Å². The molecule has 1 aliphatic carbocycles. The van der Waals surface area contributed by atoms with Crippen molar-refractivity contribution in [2.24, 2.45) is 0 Å². The van der Waals surface area contributed by atoms with Gasteiger partial charge in [-0.25, -0.2) is 18.4 Å². The summed E-state index contributed by atoms with van der Waals surface area (Å²) in [5.74, 6) is 0.947. The van der Waals surface area contributed by atoms with Crippen molar-refractivity contribution >= 4 is 27.3 Å². The summed E-state index contributed by atoms with van der Waals surface area (Å²) in [4.78, 5) is 39.5. The Hall–Kier alpha value is -3.66. The summed E-state index contributed by atoms with van der Waals surface area (Å²) in [7, 11) is -1.76. The van der Waals surface area contributed by atoms with Gasteiger partial charge in [-0.3, -0.25) is 9.59 Å². The molecule has 1 atom stereocenters. The van der Waals surface area contributed by atoms with E-state index in [-0.39, 0.29) is 28.8 Å². The quantitative estimate of drug-likeness (QED) is 0.515. The monoisotopic (exact) mass is 508 g/mol. The summed E-state index contributed by atoms with van der Waals surface area (Å²) < 4.78 is 29.2. The van der Waals surface area contributed by atoms with Gasteiger partial charge in [-0.05, 0) is 56.5 Å². The number of aromatic nitrogens is 3. The zero-order valence-corrected chi connectivity index (χ0v) is 21.5. The highest BCUT2D eigenvalue weighted by Gasteiger charge is 2.42. The average Bonchev–Trinajstić information content (AvgIpc) is 2.86. The SMILES string of the molecule is CCS(=O)(=O)c1ccc(CC(=O)Nc2ccc3c(n2)CCC(C)(c2cc(OC)nc(C)n2)C3=O)cc1. The highest BCUT2D eigenvalue weighted by atomic mass is 32.2. The van der Waals surface area contributed by atoms with Gasteiger partial charge in [-0.2, -0.15) is 4.98 Å². The second-order valence-electron chi connectivity index (χ2n) is 8.97. The fourth-order valence-electron chi connectivity index (χ4n) is 4.27. The minimum absolute atomic E-state index is 0.0192. The molecule has 0 radical (unpaired) electrons. The van der Waals surface area contributed by atoms with Crippen LogP contribution >= 0.6 is 0 Å². The number of ketones is 1. The number of nitrogens with one attached hydrogen (secondary N) is 1. The smallest absolute Gasteiger partial charge is 0.229 e. The van der Waals surface area contributed by atoms with Crippen LogP contribution in [0.15, 0.2) is 47.4 Å². The van der Waals surface area contributed by atoms with Gasteiger partial charge in [-0.1, -0.05) is 19.1 Å². The Bertz CT molecular complexity index is 1440. The van der Waals surface area contributed by atoms with Crippen LogP contribution in [0.5, 0.6) is 5.88 Å². The number of Topliss-reactive ketones (excluding diaryl/α,β-unsaturated/α-hetero) is 1. The van der Waals surface area contributed by atoms with Crippen LogP contribution in [0.4, 0.5) is 5.82 Å². The number of rotatable bonds is 7. The molecule has 0 bridgehead atoms. The number of fused-ring (bicyclic) bond motifs is 1. The van der Waals surface area contributed by atoms with Crippen molar-refractivity contribution in [3.8, 4) is 5.88 Å². The van der Waals surface area contributed by atoms with Crippen LogP contribution < -0.4 is 10.1 Å². The number of carbonyl (C=O) groups is 2. The van der Waals surface area contributed by atoms with Crippen molar-refractivity contribution in [2.75, 3.05) is 18.2 Å². The molecule has 1 unspecified atom stereocenters. The van der Waals surface area contributed by atoms with Crippen LogP contribution in [0.2, 0.25) is 0 Å². The highest BCUT2D eigenvalue weighted by molar-refractivity contribution is 7.91. The predicted octanol–water partition coefficient (Wildman–Crippen LogP) is 3.25. The van der Waals surface area contributed by atoms with E-state index in [0.717, 1.165) is 0 Å². The molecule has 0 fully saturated rings. The average molecular weight is 509 g/mol. The van der Waals surface area contributed by atoms with E-state index in [0.29, 0.717) is 52.9 Å². The zero-order chi connectivity index (χ0) is 26.1. The Morgan fingerprint density at radius 1 is 1.11 bits per heavy atom. The Labute approximate surface area is 210 Å². The lowest BCUT2D eigenvalue weighted by atomic mass is 9.71. The van der Waals surface area contributed by atoms with Crippen molar-refractivity contribution in [3.63, 3.8) is 0 Å². The molecule has 4 rings (SSSR count). The summed E-state index contributed by atoms with van der Waals surface area (Å²) in [6.07, 6.45) is 1.12. The molecule has 2 aromatic heterocycles. The minimum Gasteiger partial charge on any atom is -0.481 e. The molecule has 2 heterocycles. The van der Waals surface area contributed by atoms with E-state index in [1.165, 1.54) is 19.2 Å². The second-order valence-corrected chi connectivity index (χ2v) is 11.2. The third-order valence-corrected chi connectivity index (χ3v) is 8.22. The Morgan fingerprint density at radius 2 is 1.83 bits per heavy atom. The molecule has 1 aromatic carbocycles. The fraction of sp³-hybridized carbons (Fsp3) is 0.346. The molecule has 9 nitrogen and oxygen atoms in total. The lowest BCUT2D eigenvalue weighted by Gasteiger charge is -2.32. The minimum atomic E-state index is -3.29. The van der Waals surface area contributed by atoms with Crippen LogP contribution in [0.1, 0.15) is 53.4 Å². The molecule has 1 aliphatic rings. The van der Waals surface area contributed by atoms with Crippen molar-refractivity contribution in [1.82, 2.24) is 15.0 Å². The van der Waals surface area contributed by atoms with Crippen molar-refractivity contribution in [1.29, 1.82) is 0 Å². The normalized spacial score (nSPS) is 17.4. The van der Waals surface area contributed by atoms with E-state index in [2.05, 4.69) is 20.3 Å². The maximum absolute atomic E-state index is 13.5. The van der Waals surface area contributed by atoms with E-state index in [4.69, 9.17) is 4.74 Å². The molecule has 0 saturated heterocycles. The molecular formula is C26H28N4O5S. The first-order chi connectivity index (χ1) is 17.1. The number of nitrogens with zero attached hydrogens (tertiary/aromatic N) is 3. The highest BCUT2D eigenvalue weighted by Crippen LogP contribution is 2.38. The number of aryl methyl sites for hydroxylation is 2. The number of sulfone groups is 1. The van der Waals surface area contributed by atoms with Gasteiger partial charge >= 0.3 is 0 Å². The molecule has 188 valence electrons. The van der Waals surface area contributed by atoms with E-state index < -0.39 is 15.3 Å². The van der Waals surface area contributed by atoms with Crippen molar-refractivity contribution in [2.45, 2.75) is 50.3 Å². The summed E-state index contributed by atoms with van der Waals surface area (Å²) in [5, 5.41) is 2.77. The third kappa shape index (κ3) is 4.99. The number of carbonyl (C=O) groups excluding carboxylic acids is 2. The first-order valence-electron chi connectivity index (χ1n) is 11.6. The predicted molar refractivity (Wildman–Crippen MR) is 134 cm³/mol. The van der Waals surface area contributed by atoms with Gasteiger partial charge in [0.1, 0.15) is 11.6 Å². The van der Waals surface area contributed by atoms with Gasteiger partial charge in [0.15, 0.2) is 15.6 Å². The van der Waals surface area contributed by atoms with Crippen molar-refractivity contribution < 1.29 is 22.7 Å². The maximum atomic E-state index is 13.5. The number of pyridine rings is 1. The molecule has 3 aromatic rings. The van der Waals surface area contributed by atoms with E-state index >= 15 is 0 Å². The molecule has 1 N–H and O–H groups in total. The Morgan fingerprint density at radius 3 is 2.50 bits per heavy atom. The first-order valence-corrected chi connectivity index (χ1v) is 13.3. The number of methoxy groups -OCH3 is 1. The van der Waals surface area contributed by atoms with Gasteiger partial charge in [0.2, 0.25) is 11.8 Å². The fourth-order valence-corrected chi connectivity index (χ4v) is 5.16. The summed E-state index contributed by atoms with van der Waals surface area (Å²) in [6.45, 7) is 5.21. The van der Waals surface area contributed by atoms with E-state index in [1.807, 2.05) is 6.92 Å². The van der Waals surface area contributed by atoms with Crippen LogP contribution in [0, 0.1) is 6.92 Å². The van der Waals surface area contributed by atoms with Gasteiger partial charge in [0, 0.05) is 11.6 Å². The molecule has 10 heteroatoms. The summed E-state index contributed by atoms with van der Waals surface area (Å²) in [6, 6.07) is 11.3. The molecule has 0 saturated carbocycles. The topological polar surface area (TPSA) is 128 Å². The lowest BCUT2D eigenvalue weighted by molar-refractivity contribution is -0.115. The number of hydrogen-bond acceptors (Lipinski definition) is 8. The third-order valence-electron chi connectivity index (χ3n) is 6.47. The number of benzene rings is 1. The van der Waals surface area contributed by atoms with Gasteiger partial charge in [-0.15, -0.1) is 0 Å².